The van der Waals surface area contributed by atoms with Crippen molar-refractivity contribution in [1.82, 2.24) is 0 Å². The van der Waals surface area contributed by atoms with Gasteiger partial charge < -0.3 is 5.11 Å². The molecular formula is C13H16O2. The van der Waals surface area contributed by atoms with Crippen molar-refractivity contribution in [3.63, 3.8) is 0 Å². The Morgan fingerprint density at radius 1 is 1.20 bits per heavy atom. The van der Waals surface area contributed by atoms with Crippen LogP contribution in [0.3, 0.4) is 0 Å². The van der Waals surface area contributed by atoms with E-state index in [0.29, 0.717) is 11.8 Å². The molecule has 4 fully saturated rings. The third kappa shape index (κ3) is 1.16. The number of carboxylic acids is 1. The zero-order valence-corrected chi connectivity index (χ0v) is 8.73. The Labute approximate surface area is 90.1 Å². The van der Waals surface area contributed by atoms with Crippen LogP contribution in [0.25, 0.3) is 0 Å². The molecule has 0 aromatic rings. The van der Waals surface area contributed by atoms with Crippen molar-refractivity contribution in [3.05, 3.63) is 0 Å². The standard InChI is InChI=1S/C13H16O2/c1-2-10-8-3-7-4-9(6-8)12(13(14)15)11(10)5-7/h1,7-12H,3-6H2,(H,14,15). The van der Waals surface area contributed by atoms with Gasteiger partial charge in [0, 0.05) is 5.92 Å². The van der Waals surface area contributed by atoms with Crippen molar-refractivity contribution in [2.45, 2.75) is 25.7 Å². The fourth-order valence-electron chi connectivity index (χ4n) is 4.56. The van der Waals surface area contributed by atoms with Crippen LogP contribution in [-0.4, -0.2) is 11.1 Å². The molecule has 4 saturated carbocycles. The number of hydrogen-bond acceptors (Lipinski definition) is 1. The van der Waals surface area contributed by atoms with E-state index in [2.05, 4.69) is 5.92 Å². The highest BCUT2D eigenvalue weighted by molar-refractivity contribution is 5.71. The maximum Gasteiger partial charge on any atom is 0.307 e. The summed E-state index contributed by atoms with van der Waals surface area (Å²) >= 11 is 0. The fourth-order valence-corrected chi connectivity index (χ4v) is 4.56. The minimum absolute atomic E-state index is 0.140. The van der Waals surface area contributed by atoms with Gasteiger partial charge in [-0.05, 0) is 49.4 Å². The first-order chi connectivity index (χ1) is 7.20. The van der Waals surface area contributed by atoms with Gasteiger partial charge in [0.15, 0.2) is 0 Å². The van der Waals surface area contributed by atoms with Crippen molar-refractivity contribution in [2.75, 3.05) is 0 Å². The lowest BCUT2D eigenvalue weighted by atomic mass is 9.48. The molecule has 2 heteroatoms. The third-order valence-corrected chi connectivity index (χ3v) is 4.90. The summed E-state index contributed by atoms with van der Waals surface area (Å²) in [6.45, 7) is 0. The number of aliphatic carboxylic acids is 1. The van der Waals surface area contributed by atoms with E-state index in [4.69, 9.17) is 6.42 Å². The molecule has 80 valence electrons. The number of terminal acetylenes is 1. The van der Waals surface area contributed by atoms with Crippen molar-refractivity contribution in [3.8, 4) is 12.3 Å². The van der Waals surface area contributed by atoms with Gasteiger partial charge in [0.05, 0.1) is 5.92 Å². The summed E-state index contributed by atoms with van der Waals surface area (Å²) in [5, 5.41) is 9.29. The SMILES string of the molecule is C#CC1C2CC3CC(C2)C(C(=O)O)C1C3. The second-order valence-corrected chi connectivity index (χ2v) is 5.55. The van der Waals surface area contributed by atoms with Crippen LogP contribution in [0.1, 0.15) is 25.7 Å². The normalized spacial score (nSPS) is 51.4. The van der Waals surface area contributed by atoms with Crippen molar-refractivity contribution >= 4 is 5.97 Å². The smallest absolute Gasteiger partial charge is 0.307 e. The van der Waals surface area contributed by atoms with Crippen molar-refractivity contribution in [2.24, 2.45) is 35.5 Å². The topological polar surface area (TPSA) is 37.3 Å². The zero-order valence-electron chi connectivity index (χ0n) is 8.73. The van der Waals surface area contributed by atoms with E-state index < -0.39 is 5.97 Å². The summed E-state index contributed by atoms with van der Waals surface area (Å²) in [4.78, 5) is 11.3. The monoisotopic (exact) mass is 204 g/mol. The Bertz CT molecular complexity index is 341. The average molecular weight is 204 g/mol. The highest BCUT2D eigenvalue weighted by Gasteiger charge is 2.55. The molecule has 4 rings (SSSR count). The van der Waals surface area contributed by atoms with E-state index >= 15 is 0 Å². The molecule has 15 heavy (non-hydrogen) atoms. The Kier molecular flexibility index (Phi) is 1.86. The Morgan fingerprint density at radius 3 is 2.60 bits per heavy atom. The first-order valence-electron chi connectivity index (χ1n) is 5.89. The van der Waals surface area contributed by atoms with Gasteiger partial charge >= 0.3 is 5.97 Å². The Hall–Kier alpha value is -0.970. The van der Waals surface area contributed by atoms with E-state index in [1.54, 1.807) is 0 Å². The second kappa shape index (κ2) is 3.01. The van der Waals surface area contributed by atoms with E-state index in [1.807, 2.05) is 0 Å². The molecule has 1 N–H and O–H groups in total. The van der Waals surface area contributed by atoms with E-state index in [1.165, 1.54) is 6.42 Å². The van der Waals surface area contributed by atoms with Gasteiger partial charge in [-0.15, -0.1) is 12.3 Å². The van der Waals surface area contributed by atoms with Crippen LogP contribution in [0.15, 0.2) is 0 Å². The summed E-state index contributed by atoms with van der Waals surface area (Å²) in [5.74, 6) is 4.49. The minimum Gasteiger partial charge on any atom is -0.481 e. The van der Waals surface area contributed by atoms with Gasteiger partial charge in [0.1, 0.15) is 0 Å². The second-order valence-electron chi connectivity index (χ2n) is 5.55. The minimum atomic E-state index is -0.607. The van der Waals surface area contributed by atoms with E-state index in [-0.39, 0.29) is 17.8 Å². The van der Waals surface area contributed by atoms with Crippen LogP contribution >= 0.6 is 0 Å². The van der Waals surface area contributed by atoms with Crippen LogP contribution in [0.4, 0.5) is 0 Å². The summed E-state index contributed by atoms with van der Waals surface area (Å²) in [5.41, 5.74) is 0. The van der Waals surface area contributed by atoms with Gasteiger partial charge in [0.2, 0.25) is 0 Å². The summed E-state index contributed by atoms with van der Waals surface area (Å²) in [7, 11) is 0. The lowest BCUT2D eigenvalue weighted by molar-refractivity contribution is -0.159. The molecule has 0 saturated heterocycles. The quantitative estimate of drug-likeness (QED) is 0.663. The molecule has 0 radical (unpaired) electrons. The molecule has 0 amide bonds. The van der Waals surface area contributed by atoms with Gasteiger partial charge in [-0.3, -0.25) is 4.79 Å². The molecule has 6 unspecified atom stereocenters. The van der Waals surface area contributed by atoms with Crippen LogP contribution in [0, 0.1) is 47.9 Å². The van der Waals surface area contributed by atoms with Gasteiger partial charge in [-0.1, -0.05) is 0 Å². The van der Waals surface area contributed by atoms with Crippen molar-refractivity contribution in [1.29, 1.82) is 0 Å². The lowest BCUT2D eigenvalue weighted by Crippen LogP contribution is -2.52. The molecule has 4 bridgehead atoms. The van der Waals surface area contributed by atoms with Gasteiger partial charge in [-0.2, -0.15) is 0 Å². The molecule has 0 heterocycles. The van der Waals surface area contributed by atoms with Gasteiger partial charge in [-0.25, -0.2) is 0 Å². The number of hydrogen-bond donors (Lipinski definition) is 1. The van der Waals surface area contributed by atoms with Crippen LogP contribution in [0.5, 0.6) is 0 Å². The molecule has 0 aromatic heterocycles. The molecule has 4 aliphatic rings. The molecule has 0 aliphatic heterocycles. The van der Waals surface area contributed by atoms with E-state index in [9.17, 15) is 9.90 Å². The van der Waals surface area contributed by atoms with E-state index in [0.717, 1.165) is 25.2 Å². The van der Waals surface area contributed by atoms with Crippen LogP contribution in [-0.2, 0) is 4.79 Å². The van der Waals surface area contributed by atoms with Crippen molar-refractivity contribution < 1.29 is 9.90 Å². The lowest BCUT2D eigenvalue weighted by Gasteiger charge is -2.55. The number of carboxylic acid groups (broad SMARTS) is 1. The predicted octanol–water partition coefficient (Wildman–Crippen LogP) is 2.00. The molecule has 0 aromatic carbocycles. The molecule has 4 aliphatic carbocycles. The molecule has 6 atom stereocenters. The highest BCUT2D eigenvalue weighted by atomic mass is 16.4. The summed E-state index contributed by atoms with van der Waals surface area (Å²) in [6, 6.07) is 0. The maximum absolute atomic E-state index is 11.3. The number of carbonyl (C=O) groups is 1. The van der Waals surface area contributed by atoms with Crippen LogP contribution < -0.4 is 0 Å². The fraction of sp³-hybridized carbons (Fsp3) is 0.769. The Balaban J connectivity index is 1.96. The highest BCUT2D eigenvalue weighted by Crippen LogP contribution is 2.58. The molecule has 2 nitrogen and oxygen atoms in total. The number of rotatable bonds is 1. The first-order valence-corrected chi connectivity index (χ1v) is 5.89. The molecular weight excluding hydrogens is 188 g/mol. The summed E-state index contributed by atoms with van der Waals surface area (Å²) < 4.78 is 0. The third-order valence-electron chi connectivity index (χ3n) is 4.90. The largest absolute Gasteiger partial charge is 0.481 e. The predicted molar refractivity (Wildman–Crippen MR) is 55.9 cm³/mol. The average Bonchev–Trinajstić information content (AvgIpc) is 2.16. The maximum atomic E-state index is 11.3. The Morgan fingerprint density at radius 2 is 1.93 bits per heavy atom. The van der Waals surface area contributed by atoms with Crippen LogP contribution in [0.2, 0.25) is 0 Å². The zero-order chi connectivity index (χ0) is 10.6. The molecule has 0 spiro atoms. The summed E-state index contributed by atoms with van der Waals surface area (Å²) in [6.07, 6.45) is 10.1. The first kappa shape index (κ1) is 9.27. The van der Waals surface area contributed by atoms with Gasteiger partial charge in [0.25, 0.3) is 0 Å².